The molecule has 0 N–H and O–H groups in total. The molecule has 2 rings (SSSR count). The highest BCUT2D eigenvalue weighted by molar-refractivity contribution is 7.80. The van der Waals surface area contributed by atoms with E-state index in [9.17, 15) is 0 Å². The van der Waals surface area contributed by atoms with Crippen molar-refractivity contribution >= 4 is 12.6 Å². The molecule has 1 aliphatic carbocycles. The Morgan fingerprint density at radius 3 is 2.77 bits per heavy atom. The summed E-state index contributed by atoms with van der Waals surface area (Å²) in [5, 5.41) is 0. The van der Waals surface area contributed by atoms with Crippen molar-refractivity contribution in [2.75, 3.05) is 32.5 Å². The van der Waals surface area contributed by atoms with Crippen molar-refractivity contribution in [3.63, 3.8) is 0 Å². The molecule has 1 saturated carbocycles. The number of methoxy groups -OCH3 is 1. The highest BCUT2D eigenvalue weighted by Crippen LogP contribution is 2.47. The standard InChI is InChI=1S/C10H19NOS/c1-12-9-2-5-11(6-9)7-10(8-13)3-4-10/h9,13H,2-8H2,1H3. The lowest BCUT2D eigenvalue weighted by Gasteiger charge is -2.21. The third-order valence-electron chi connectivity index (χ3n) is 3.41. The first-order chi connectivity index (χ1) is 6.28. The van der Waals surface area contributed by atoms with Crippen molar-refractivity contribution in [3.8, 4) is 0 Å². The molecule has 0 aromatic heterocycles. The van der Waals surface area contributed by atoms with E-state index in [-0.39, 0.29) is 0 Å². The van der Waals surface area contributed by atoms with Crippen LogP contribution in [-0.4, -0.2) is 43.5 Å². The normalized spacial score (nSPS) is 32.3. The first-order valence-corrected chi connectivity index (χ1v) is 5.77. The summed E-state index contributed by atoms with van der Waals surface area (Å²) in [4.78, 5) is 2.54. The van der Waals surface area contributed by atoms with E-state index >= 15 is 0 Å². The minimum Gasteiger partial charge on any atom is -0.380 e. The Bertz CT molecular complexity index is 182. The molecule has 76 valence electrons. The Hall–Kier alpha value is 0.270. The summed E-state index contributed by atoms with van der Waals surface area (Å²) in [6, 6.07) is 0. The summed E-state index contributed by atoms with van der Waals surface area (Å²) in [5.41, 5.74) is 0.575. The molecule has 3 heteroatoms. The third kappa shape index (κ3) is 2.20. The topological polar surface area (TPSA) is 12.5 Å². The Labute approximate surface area is 86.0 Å². The van der Waals surface area contributed by atoms with Crippen LogP contribution in [0.3, 0.4) is 0 Å². The molecule has 2 aliphatic rings. The minimum atomic E-state index is 0.482. The first kappa shape index (κ1) is 9.81. The number of thiol groups is 1. The molecule has 0 bridgehead atoms. The monoisotopic (exact) mass is 201 g/mol. The van der Waals surface area contributed by atoms with Gasteiger partial charge >= 0.3 is 0 Å². The van der Waals surface area contributed by atoms with Crippen LogP contribution in [0.5, 0.6) is 0 Å². The van der Waals surface area contributed by atoms with Gasteiger partial charge in [-0.15, -0.1) is 0 Å². The summed E-state index contributed by atoms with van der Waals surface area (Å²) in [5.74, 6) is 1.06. The molecule has 1 atom stereocenters. The molecule has 1 aliphatic heterocycles. The summed E-state index contributed by atoms with van der Waals surface area (Å²) in [7, 11) is 1.82. The lowest BCUT2D eigenvalue weighted by Crippen LogP contribution is -2.30. The maximum Gasteiger partial charge on any atom is 0.0710 e. The second kappa shape index (κ2) is 3.79. The largest absolute Gasteiger partial charge is 0.380 e. The Morgan fingerprint density at radius 1 is 1.54 bits per heavy atom. The summed E-state index contributed by atoms with van der Waals surface area (Å²) in [6.45, 7) is 3.59. The van der Waals surface area contributed by atoms with Gasteiger partial charge in [0.15, 0.2) is 0 Å². The smallest absolute Gasteiger partial charge is 0.0710 e. The van der Waals surface area contributed by atoms with Crippen molar-refractivity contribution in [3.05, 3.63) is 0 Å². The fourth-order valence-electron chi connectivity index (χ4n) is 2.15. The van der Waals surface area contributed by atoms with Gasteiger partial charge in [-0.1, -0.05) is 0 Å². The molecule has 1 heterocycles. The first-order valence-electron chi connectivity index (χ1n) is 5.14. The van der Waals surface area contributed by atoms with Crippen LogP contribution in [0.1, 0.15) is 19.3 Å². The van der Waals surface area contributed by atoms with E-state index in [0.717, 1.165) is 12.3 Å². The number of likely N-dealkylation sites (tertiary alicyclic amines) is 1. The second-order valence-electron chi connectivity index (χ2n) is 4.54. The highest BCUT2D eigenvalue weighted by Gasteiger charge is 2.43. The van der Waals surface area contributed by atoms with Crippen LogP contribution >= 0.6 is 12.6 Å². The van der Waals surface area contributed by atoms with E-state index in [1.165, 1.54) is 32.4 Å². The Morgan fingerprint density at radius 2 is 2.31 bits per heavy atom. The van der Waals surface area contributed by atoms with Gasteiger partial charge in [0.05, 0.1) is 6.10 Å². The molecular weight excluding hydrogens is 182 g/mol. The molecule has 1 unspecified atom stereocenters. The predicted octanol–water partition coefficient (Wildman–Crippen LogP) is 1.42. The fraction of sp³-hybridized carbons (Fsp3) is 1.00. The van der Waals surface area contributed by atoms with Gasteiger partial charge in [0.25, 0.3) is 0 Å². The van der Waals surface area contributed by atoms with Crippen molar-refractivity contribution in [1.29, 1.82) is 0 Å². The second-order valence-corrected chi connectivity index (χ2v) is 4.86. The van der Waals surface area contributed by atoms with Crippen LogP contribution in [0.15, 0.2) is 0 Å². The average molecular weight is 201 g/mol. The number of nitrogens with zero attached hydrogens (tertiary/aromatic N) is 1. The summed E-state index contributed by atoms with van der Waals surface area (Å²) in [6.07, 6.45) is 4.45. The number of hydrogen-bond donors (Lipinski definition) is 1. The molecule has 0 radical (unpaired) electrons. The molecular formula is C10H19NOS. The van der Waals surface area contributed by atoms with Gasteiger partial charge in [0.1, 0.15) is 0 Å². The number of hydrogen-bond acceptors (Lipinski definition) is 3. The quantitative estimate of drug-likeness (QED) is 0.691. The Balaban J connectivity index is 1.77. The zero-order valence-corrected chi connectivity index (χ0v) is 9.22. The van der Waals surface area contributed by atoms with Gasteiger partial charge < -0.3 is 9.64 Å². The van der Waals surface area contributed by atoms with Crippen LogP contribution < -0.4 is 0 Å². The Kier molecular flexibility index (Phi) is 2.86. The molecule has 0 aromatic carbocycles. The van der Waals surface area contributed by atoms with Crippen LogP contribution in [0.25, 0.3) is 0 Å². The van der Waals surface area contributed by atoms with Gasteiger partial charge in [-0.3, -0.25) is 0 Å². The van der Waals surface area contributed by atoms with Gasteiger partial charge in [-0.25, -0.2) is 0 Å². The molecule has 0 spiro atoms. The van der Waals surface area contributed by atoms with Gasteiger partial charge in [-0.2, -0.15) is 12.6 Å². The van der Waals surface area contributed by atoms with Crippen molar-refractivity contribution < 1.29 is 4.74 Å². The predicted molar refractivity (Wildman–Crippen MR) is 57.4 cm³/mol. The lowest BCUT2D eigenvalue weighted by atomic mass is 10.1. The molecule has 0 aromatic rings. The van der Waals surface area contributed by atoms with Crippen molar-refractivity contribution in [2.45, 2.75) is 25.4 Å². The van der Waals surface area contributed by atoms with Crippen molar-refractivity contribution in [1.82, 2.24) is 4.90 Å². The summed E-state index contributed by atoms with van der Waals surface area (Å²) < 4.78 is 5.35. The molecule has 2 fully saturated rings. The van der Waals surface area contributed by atoms with E-state index in [1.54, 1.807) is 0 Å². The van der Waals surface area contributed by atoms with Gasteiger partial charge in [0, 0.05) is 26.7 Å². The summed E-state index contributed by atoms with van der Waals surface area (Å²) >= 11 is 4.42. The maximum atomic E-state index is 5.35. The zero-order valence-electron chi connectivity index (χ0n) is 8.33. The van der Waals surface area contributed by atoms with Gasteiger partial charge in [-0.05, 0) is 30.4 Å². The van der Waals surface area contributed by atoms with E-state index in [1.807, 2.05) is 7.11 Å². The molecule has 0 amide bonds. The average Bonchev–Trinajstić information content (AvgIpc) is 2.77. The minimum absolute atomic E-state index is 0.482. The lowest BCUT2D eigenvalue weighted by molar-refractivity contribution is 0.105. The van der Waals surface area contributed by atoms with E-state index in [4.69, 9.17) is 4.74 Å². The van der Waals surface area contributed by atoms with Crippen LogP contribution in [0, 0.1) is 5.41 Å². The highest BCUT2D eigenvalue weighted by atomic mass is 32.1. The zero-order chi connectivity index (χ0) is 9.31. The molecule has 13 heavy (non-hydrogen) atoms. The number of rotatable bonds is 4. The van der Waals surface area contributed by atoms with Crippen LogP contribution in [-0.2, 0) is 4.74 Å². The van der Waals surface area contributed by atoms with Crippen LogP contribution in [0.2, 0.25) is 0 Å². The van der Waals surface area contributed by atoms with Gasteiger partial charge in [0.2, 0.25) is 0 Å². The van der Waals surface area contributed by atoms with E-state index in [2.05, 4.69) is 17.5 Å². The van der Waals surface area contributed by atoms with Crippen LogP contribution in [0.4, 0.5) is 0 Å². The van der Waals surface area contributed by atoms with E-state index in [0.29, 0.717) is 11.5 Å². The fourth-order valence-corrected chi connectivity index (χ4v) is 2.57. The van der Waals surface area contributed by atoms with Crippen molar-refractivity contribution in [2.24, 2.45) is 5.41 Å². The maximum absolute atomic E-state index is 5.35. The number of ether oxygens (including phenoxy) is 1. The van der Waals surface area contributed by atoms with E-state index < -0.39 is 0 Å². The molecule has 1 saturated heterocycles. The SMILES string of the molecule is COC1CCN(CC2(CS)CC2)C1. The molecule has 2 nitrogen and oxygen atoms in total. The third-order valence-corrected chi connectivity index (χ3v) is 4.08.